The van der Waals surface area contributed by atoms with E-state index in [4.69, 9.17) is 0 Å². The predicted octanol–water partition coefficient (Wildman–Crippen LogP) is 4.76. The minimum Gasteiger partial charge on any atom is -0.374 e. The first kappa shape index (κ1) is 16.4. The van der Waals surface area contributed by atoms with Gasteiger partial charge in [-0.05, 0) is 55.8 Å². The summed E-state index contributed by atoms with van der Waals surface area (Å²) in [5, 5.41) is 3.63. The zero-order chi connectivity index (χ0) is 15.1. The summed E-state index contributed by atoms with van der Waals surface area (Å²) in [4.78, 5) is 2.43. The van der Waals surface area contributed by atoms with Gasteiger partial charge in [0.05, 0.1) is 0 Å². The molecule has 2 rings (SSSR count). The molecule has 0 saturated heterocycles. The molecule has 1 aromatic rings. The van der Waals surface area contributed by atoms with Crippen LogP contribution >= 0.6 is 0 Å². The number of benzene rings is 1. The Labute approximate surface area is 130 Å². The zero-order valence-corrected chi connectivity index (χ0v) is 14.1. The molecule has 2 heteroatoms. The van der Waals surface area contributed by atoms with Crippen molar-refractivity contribution in [3.63, 3.8) is 0 Å². The fourth-order valence-electron chi connectivity index (χ4n) is 3.46. The van der Waals surface area contributed by atoms with Crippen LogP contribution < -0.4 is 10.2 Å². The van der Waals surface area contributed by atoms with Gasteiger partial charge >= 0.3 is 0 Å². The number of hydrogen-bond donors (Lipinski definition) is 1. The van der Waals surface area contributed by atoms with Gasteiger partial charge in [-0.1, -0.05) is 38.8 Å². The molecule has 0 amide bonds. The SMILES string of the molecule is CCCNC(CC)c1ccc(N(C)CC2CCCC2)cc1. The molecule has 2 nitrogen and oxygen atoms in total. The summed E-state index contributed by atoms with van der Waals surface area (Å²) in [6.07, 6.45) is 8.04. The van der Waals surface area contributed by atoms with E-state index in [-0.39, 0.29) is 0 Å². The van der Waals surface area contributed by atoms with Gasteiger partial charge < -0.3 is 10.2 Å². The third-order valence-corrected chi connectivity index (χ3v) is 4.79. The largest absolute Gasteiger partial charge is 0.374 e. The lowest BCUT2D eigenvalue weighted by atomic mass is 10.0. The summed E-state index contributed by atoms with van der Waals surface area (Å²) in [6.45, 7) is 6.79. The molecule has 1 aliphatic carbocycles. The fourth-order valence-corrected chi connectivity index (χ4v) is 3.46. The summed E-state index contributed by atoms with van der Waals surface area (Å²) in [5.41, 5.74) is 2.78. The third kappa shape index (κ3) is 4.74. The maximum Gasteiger partial charge on any atom is 0.0363 e. The van der Waals surface area contributed by atoms with Crippen LogP contribution in [0, 0.1) is 5.92 Å². The van der Waals surface area contributed by atoms with Gasteiger partial charge in [-0.3, -0.25) is 0 Å². The van der Waals surface area contributed by atoms with Crippen LogP contribution in [-0.4, -0.2) is 20.1 Å². The molecule has 0 aromatic heterocycles. The molecule has 0 radical (unpaired) electrons. The summed E-state index contributed by atoms with van der Waals surface area (Å²) < 4.78 is 0. The molecular formula is C19H32N2. The second-order valence-corrected chi connectivity index (χ2v) is 6.54. The molecule has 118 valence electrons. The Morgan fingerprint density at radius 1 is 1.14 bits per heavy atom. The van der Waals surface area contributed by atoms with E-state index in [1.165, 1.54) is 49.9 Å². The molecule has 0 bridgehead atoms. The standard InChI is InChI=1S/C19H32N2/c1-4-14-20-19(5-2)17-10-12-18(13-11-17)21(3)15-16-8-6-7-9-16/h10-13,16,19-20H,4-9,14-15H2,1-3H3. The van der Waals surface area contributed by atoms with Crippen molar-refractivity contribution < 1.29 is 0 Å². The van der Waals surface area contributed by atoms with E-state index in [2.05, 4.69) is 55.4 Å². The van der Waals surface area contributed by atoms with Crippen molar-refractivity contribution in [1.29, 1.82) is 0 Å². The Morgan fingerprint density at radius 2 is 1.81 bits per heavy atom. The smallest absolute Gasteiger partial charge is 0.0363 e. The van der Waals surface area contributed by atoms with Gasteiger partial charge in [-0.25, -0.2) is 0 Å². The van der Waals surface area contributed by atoms with Crippen LogP contribution in [0.15, 0.2) is 24.3 Å². The summed E-state index contributed by atoms with van der Waals surface area (Å²) in [6, 6.07) is 9.69. The van der Waals surface area contributed by atoms with Crippen LogP contribution in [0.1, 0.15) is 64.0 Å². The highest BCUT2D eigenvalue weighted by atomic mass is 15.1. The Morgan fingerprint density at radius 3 is 2.38 bits per heavy atom. The summed E-state index contributed by atoms with van der Waals surface area (Å²) in [5.74, 6) is 0.907. The Bertz CT molecular complexity index is 393. The number of anilines is 1. The number of hydrogen-bond acceptors (Lipinski definition) is 2. The van der Waals surface area contributed by atoms with Crippen LogP contribution in [-0.2, 0) is 0 Å². The van der Waals surface area contributed by atoms with E-state index in [0.717, 1.165) is 18.9 Å². The molecule has 1 atom stereocenters. The lowest BCUT2D eigenvalue weighted by Crippen LogP contribution is -2.24. The minimum absolute atomic E-state index is 0.499. The Balaban J connectivity index is 1.93. The summed E-state index contributed by atoms with van der Waals surface area (Å²) >= 11 is 0. The third-order valence-electron chi connectivity index (χ3n) is 4.79. The van der Waals surface area contributed by atoms with Crippen molar-refractivity contribution in [2.45, 2.75) is 58.4 Å². The van der Waals surface area contributed by atoms with Gasteiger partial charge in [0.15, 0.2) is 0 Å². The molecule has 21 heavy (non-hydrogen) atoms. The normalized spacial score (nSPS) is 17.1. The number of nitrogens with one attached hydrogen (secondary N) is 1. The predicted molar refractivity (Wildman–Crippen MR) is 93.0 cm³/mol. The highest BCUT2D eigenvalue weighted by Crippen LogP contribution is 2.27. The van der Waals surface area contributed by atoms with E-state index in [9.17, 15) is 0 Å². The van der Waals surface area contributed by atoms with Gasteiger partial charge in [-0.15, -0.1) is 0 Å². The van der Waals surface area contributed by atoms with E-state index in [0.29, 0.717) is 6.04 Å². The summed E-state index contributed by atoms with van der Waals surface area (Å²) in [7, 11) is 2.24. The molecule has 1 N–H and O–H groups in total. The highest BCUT2D eigenvalue weighted by molar-refractivity contribution is 5.47. The monoisotopic (exact) mass is 288 g/mol. The first-order valence-electron chi connectivity index (χ1n) is 8.79. The maximum atomic E-state index is 3.63. The van der Waals surface area contributed by atoms with Crippen molar-refractivity contribution in [2.24, 2.45) is 5.92 Å². The minimum atomic E-state index is 0.499. The van der Waals surface area contributed by atoms with E-state index < -0.39 is 0 Å². The first-order valence-corrected chi connectivity index (χ1v) is 8.79. The topological polar surface area (TPSA) is 15.3 Å². The van der Waals surface area contributed by atoms with Crippen LogP contribution in [0.3, 0.4) is 0 Å². The first-order chi connectivity index (χ1) is 10.2. The fraction of sp³-hybridized carbons (Fsp3) is 0.684. The van der Waals surface area contributed by atoms with Crippen molar-refractivity contribution in [2.75, 3.05) is 25.0 Å². The average Bonchev–Trinajstić information content (AvgIpc) is 3.01. The lowest BCUT2D eigenvalue weighted by Gasteiger charge is -2.24. The lowest BCUT2D eigenvalue weighted by molar-refractivity contribution is 0.518. The number of rotatable bonds is 8. The Kier molecular flexibility index (Phi) is 6.56. The average molecular weight is 288 g/mol. The van der Waals surface area contributed by atoms with E-state index >= 15 is 0 Å². The second kappa shape index (κ2) is 8.43. The van der Waals surface area contributed by atoms with Crippen molar-refractivity contribution in [3.8, 4) is 0 Å². The molecule has 1 aromatic carbocycles. The van der Waals surface area contributed by atoms with Gasteiger partial charge in [0, 0.05) is 25.3 Å². The van der Waals surface area contributed by atoms with Crippen molar-refractivity contribution in [1.82, 2.24) is 5.32 Å². The second-order valence-electron chi connectivity index (χ2n) is 6.54. The molecule has 0 heterocycles. The molecule has 1 saturated carbocycles. The molecule has 1 unspecified atom stereocenters. The van der Waals surface area contributed by atoms with Gasteiger partial charge in [0.25, 0.3) is 0 Å². The van der Waals surface area contributed by atoms with Gasteiger partial charge in [-0.2, -0.15) is 0 Å². The van der Waals surface area contributed by atoms with Gasteiger partial charge in [0.1, 0.15) is 0 Å². The van der Waals surface area contributed by atoms with Crippen molar-refractivity contribution >= 4 is 5.69 Å². The highest BCUT2D eigenvalue weighted by Gasteiger charge is 2.17. The quantitative estimate of drug-likeness (QED) is 0.741. The molecule has 0 aliphatic heterocycles. The number of nitrogens with zero attached hydrogens (tertiary/aromatic N) is 1. The van der Waals surface area contributed by atoms with Crippen LogP contribution in [0.25, 0.3) is 0 Å². The molecule has 0 spiro atoms. The van der Waals surface area contributed by atoms with E-state index in [1.54, 1.807) is 0 Å². The van der Waals surface area contributed by atoms with Crippen molar-refractivity contribution in [3.05, 3.63) is 29.8 Å². The molecular weight excluding hydrogens is 256 g/mol. The molecule has 1 aliphatic rings. The van der Waals surface area contributed by atoms with Gasteiger partial charge in [0.2, 0.25) is 0 Å². The van der Waals surface area contributed by atoms with Crippen LogP contribution in [0.2, 0.25) is 0 Å². The Hall–Kier alpha value is -1.02. The maximum absolute atomic E-state index is 3.63. The zero-order valence-electron chi connectivity index (χ0n) is 14.1. The van der Waals surface area contributed by atoms with E-state index in [1.807, 2.05) is 0 Å². The van der Waals surface area contributed by atoms with Crippen LogP contribution in [0.4, 0.5) is 5.69 Å². The molecule has 1 fully saturated rings. The van der Waals surface area contributed by atoms with Crippen LogP contribution in [0.5, 0.6) is 0 Å².